The minimum absolute atomic E-state index is 0.178. The number of nitrogens with one attached hydrogen (secondary N) is 1. The molecule has 0 amide bonds. The van der Waals surface area contributed by atoms with Gasteiger partial charge in [0.2, 0.25) is 0 Å². The average Bonchev–Trinajstić information content (AvgIpc) is 2.44. The molecule has 1 aromatic rings. The molecule has 0 heterocycles. The van der Waals surface area contributed by atoms with E-state index >= 15 is 0 Å². The summed E-state index contributed by atoms with van der Waals surface area (Å²) in [5, 5.41) is 14.6. The molecule has 2 unspecified atom stereocenters. The Hall–Kier alpha value is -1.06. The number of rotatable bonds is 5. The first kappa shape index (κ1) is 14.5. The summed E-state index contributed by atoms with van der Waals surface area (Å²) in [7, 11) is 0. The van der Waals surface area contributed by atoms with Gasteiger partial charge >= 0.3 is 0 Å². The topological polar surface area (TPSA) is 41.5 Å². The van der Waals surface area contributed by atoms with Crippen LogP contribution in [0.15, 0.2) is 24.3 Å². The Bertz CT molecular complexity index is 525. The Morgan fingerprint density at radius 2 is 1.82 bits per heavy atom. The summed E-state index contributed by atoms with van der Waals surface area (Å²) in [5.74, 6) is 2.41. The Labute approximate surface area is 133 Å². The van der Waals surface area contributed by atoms with E-state index in [1.165, 1.54) is 24.8 Å². The summed E-state index contributed by atoms with van der Waals surface area (Å²) in [6.45, 7) is 3.61. The molecule has 1 aromatic carbocycles. The average molecular weight is 301 g/mol. The maximum atomic E-state index is 10.8. The Morgan fingerprint density at radius 1 is 1.14 bits per heavy atom. The van der Waals surface area contributed by atoms with Crippen molar-refractivity contribution >= 4 is 0 Å². The van der Waals surface area contributed by atoms with Gasteiger partial charge in [-0.25, -0.2) is 0 Å². The molecule has 4 saturated carbocycles. The van der Waals surface area contributed by atoms with Crippen molar-refractivity contribution in [1.29, 1.82) is 0 Å². The number of ether oxygens (including phenoxy) is 1. The van der Waals surface area contributed by atoms with Gasteiger partial charge in [0.1, 0.15) is 5.75 Å². The molecule has 120 valence electrons. The molecule has 4 aliphatic carbocycles. The van der Waals surface area contributed by atoms with E-state index in [-0.39, 0.29) is 11.1 Å². The summed E-state index contributed by atoms with van der Waals surface area (Å²) >= 11 is 0. The van der Waals surface area contributed by atoms with E-state index in [2.05, 4.69) is 17.4 Å². The second-order valence-electron chi connectivity index (χ2n) is 7.90. The van der Waals surface area contributed by atoms with Crippen LogP contribution in [-0.2, 0) is 6.54 Å². The molecule has 3 nitrogen and oxygen atoms in total. The molecule has 4 aliphatic rings. The van der Waals surface area contributed by atoms with Crippen LogP contribution in [0, 0.1) is 11.8 Å². The summed E-state index contributed by atoms with van der Waals surface area (Å²) in [6.07, 6.45) is 6.87. The largest absolute Gasteiger partial charge is 0.494 e. The van der Waals surface area contributed by atoms with Crippen LogP contribution in [0.4, 0.5) is 0 Å². The lowest BCUT2D eigenvalue weighted by Crippen LogP contribution is -2.64. The van der Waals surface area contributed by atoms with Crippen LogP contribution >= 0.6 is 0 Å². The minimum Gasteiger partial charge on any atom is -0.494 e. The van der Waals surface area contributed by atoms with Crippen LogP contribution in [0.1, 0.15) is 51.0 Å². The van der Waals surface area contributed by atoms with Gasteiger partial charge in [0.15, 0.2) is 0 Å². The second-order valence-corrected chi connectivity index (χ2v) is 7.90. The molecule has 0 aromatic heterocycles. The minimum atomic E-state index is -0.379. The molecule has 2 N–H and O–H groups in total. The van der Waals surface area contributed by atoms with Crippen LogP contribution in [0.25, 0.3) is 0 Å². The van der Waals surface area contributed by atoms with E-state index in [1.807, 2.05) is 19.1 Å². The number of benzene rings is 1. The number of hydrogen-bond acceptors (Lipinski definition) is 3. The van der Waals surface area contributed by atoms with E-state index in [0.717, 1.165) is 43.4 Å². The van der Waals surface area contributed by atoms with Crippen LogP contribution in [0.5, 0.6) is 5.75 Å². The van der Waals surface area contributed by atoms with Crippen LogP contribution in [0.2, 0.25) is 0 Å². The highest BCUT2D eigenvalue weighted by molar-refractivity contribution is 5.27. The maximum Gasteiger partial charge on any atom is 0.119 e. The van der Waals surface area contributed by atoms with Crippen molar-refractivity contribution in [3.63, 3.8) is 0 Å². The maximum absolute atomic E-state index is 10.8. The third kappa shape index (κ3) is 2.65. The van der Waals surface area contributed by atoms with Crippen molar-refractivity contribution in [1.82, 2.24) is 5.32 Å². The van der Waals surface area contributed by atoms with Gasteiger partial charge in [-0.2, -0.15) is 0 Å². The Kier molecular flexibility index (Phi) is 3.46. The van der Waals surface area contributed by atoms with Gasteiger partial charge in [-0.3, -0.25) is 0 Å². The smallest absolute Gasteiger partial charge is 0.119 e. The van der Waals surface area contributed by atoms with Gasteiger partial charge in [-0.1, -0.05) is 12.1 Å². The van der Waals surface area contributed by atoms with Crippen molar-refractivity contribution in [2.75, 3.05) is 6.61 Å². The molecule has 4 fully saturated rings. The molecule has 0 aliphatic heterocycles. The van der Waals surface area contributed by atoms with Crippen LogP contribution in [-0.4, -0.2) is 22.9 Å². The fourth-order valence-electron chi connectivity index (χ4n) is 5.58. The molecule has 5 rings (SSSR count). The predicted molar refractivity (Wildman–Crippen MR) is 86.8 cm³/mol. The lowest BCUT2D eigenvalue weighted by Gasteiger charge is -2.60. The predicted octanol–water partition coefficient (Wildman–Crippen LogP) is 3.26. The van der Waals surface area contributed by atoms with Gasteiger partial charge in [0, 0.05) is 12.1 Å². The van der Waals surface area contributed by atoms with Gasteiger partial charge in [0.05, 0.1) is 12.2 Å². The zero-order chi connectivity index (χ0) is 15.2. The van der Waals surface area contributed by atoms with E-state index in [9.17, 15) is 5.11 Å². The zero-order valence-corrected chi connectivity index (χ0v) is 13.5. The fraction of sp³-hybridized carbons (Fsp3) is 0.684. The molecule has 0 spiro atoms. The fourth-order valence-corrected chi connectivity index (χ4v) is 5.58. The number of aliphatic hydroxyl groups is 1. The monoisotopic (exact) mass is 301 g/mol. The van der Waals surface area contributed by atoms with Gasteiger partial charge in [-0.15, -0.1) is 0 Å². The highest BCUT2D eigenvalue weighted by Crippen LogP contribution is 2.57. The zero-order valence-electron chi connectivity index (χ0n) is 13.5. The molecule has 22 heavy (non-hydrogen) atoms. The van der Waals surface area contributed by atoms with E-state index in [1.54, 1.807) is 0 Å². The van der Waals surface area contributed by atoms with E-state index in [0.29, 0.717) is 6.61 Å². The standard InChI is InChI=1S/C19H27NO2/c1-2-22-17-5-3-14(4-6-17)12-20-18-8-15-7-16(9-18)11-19(21,10-15)13-18/h3-6,15-16,20-21H,2,7-13H2,1H3. The van der Waals surface area contributed by atoms with Crippen molar-refractivity contribution in [2.24, 2.45) is 11.8 Å². The molecule has 2 atom stereocenters. The van der Waals surface area contributed by atoms with Gasteiger partial charge in [0.25, 0.3) is 0 Å². The van der Waals surface area contributed by atoms with E-state index in [4.69, 9.17) is 4.74 Å². The van der Waals surface area contributed by atoms with E-state index < -0.39 is 0 Å². The third-order valence-electron chi connectivity index (χ3n) is 5.93. The van der Waals surface area contributed by atoms with Crippen molar-refractivity contribution < 1.29 is 9.84 Å². The molecule has 4 bridgehead atoms. The first-order chi connectivity index (χ1) is 10.6. The first-order valence-corrected chi connectivity index (χ1v) is 8.77. The summed E-state index contributed by atoms with van der Waals surface area (Å²) in [6, 6.07) is 8.39. The van der Waals surface area contributed by atoms with Gasteiger partial charge < -0.3 is 15.2 Å². The van der Waals surface area contributed by atoms with Crippen molar-refractivity contribution in [2.45, 2.75) is 63.1 Å². The summed E-state index contributed by atoms with van der Waals surface area (Å²) in [4.78, 5) is 0. The van der Waals surface area contributed by atoms with Crippen LogP contribution < -0.4 is 10.1 Å². The second kappa shape index (κ2) is 5.24. The normalized spacial score (nSPS) is 39.2. The highest BCUT2D eigenvalue weighted by atomic mass is 16.5. The molecular weight excluding hydrogens is 274 g/mol. The lowest BCUT2D eigenvalue weighted by atomic mass is 9.51. The summed E-state index contributed by atoms with van der Waals surface area (Å²) < 4.78 is 5.50. The molecule has 3 heteroatoms. The van der Waals surface area contributed by atoms with Gasteiger partial charge in [-0.05, 0) is 75.0 Å². The highest BCUT2D eigenvalue weighted by Gasteiger charge is 2.56. The third-order valence-corrected chi connectivity index (χ3v) is 5.93. The first-order valence-electron chi connectivity index (χ1n) is 8.77. The molecule has 0 radical (unpaired) electrons. The van der Waals surface area contributed by atoms with Crippen molar-refractivity contribution in [3.05, 3.63) is 29.8 Å². The van der Waals surface area contributed by atoms with Crippen LogP contribution in [0.3, 0.4) is 0 Å². The SMILES string of the molecule is CCOc1ccc(CNC23CC4CC(CC(O)(C4)C2)C3)cc1. The lowest BCUT2D eigenvalue weighted by molar-refractivity contribution is -0.142. The Balaban J connectivity index is 1.43. The summed E-state index contributed by atoms with van der Waals surface area (Å²) in [5.41, 5.74) is 1.10. The van der Waals surface area contributed by atoms with Crippen molar-refractivity contribution in [3.8, 4) is 5.75 Å². The quantitative estimate of drug-likeness (QED) is 0.877. The molecule has 0 saturated heterocycles. The molecular formula is C19H27NO2. The number of hydrogen-bond donors (Lipinski definition) is 2. The Morgan fingerprint density at radius 3 is 2.41 bits per heavy atom.